The van der Waals surface area contributed by atoms with Gasteiger partial charge in [0.2, 0.25) is 0 Å². The van der Waals surface area contributed by atoms with Gasteiger partial charge in [-0.1, -0.05) is 29.4 Å². The van der Waals surface area contributed by atoms with E-state index in [1.165, 1.54) is 0 Å². The lowest BCUT2D eigenvalue weighted by molar-refractivity contribution is -0.739. The van der Waals surface area contributed by atoms with Gasteiger partial charge in [0.25, 0.3) is 5.82 Å². The molecular formula is C16H20N3O2+. The number of nitrogens with zero attached hydrogens (tertiary/aromatic N) is 2. The van der Waals surface area contributed by atoms with Gasteiger partial charge in [-0.3, -0.25) is 5.73 Å². The first kappa shape index (κ1) is 15.1. The van der Waals surface area contributed by atoms with Crippen LogP contribution < -0.4 is 10.4 Å². The van der Waals surface area contributed by atoms with E-state index in [0.29, 0.717) is 18.8 Å². The quantitative estimate of drug-likeness (QED) is 0.788. The summed E-state index contributed by atoms with van der Waals surface area (Å²) in [5.41, 5.74) is 8.56. The van der Waals surface area contributed by atoms with Crippen LogP contribution in [0.2, 0.25) is 0 Å². The summed E-state index contributed by atoms with van der Waals surface area (Å²) in [6.45, 7) is 2.23. The van der Waals surface area contributed by atoms with Crippen molar-refractivity contribution in [1.82, 2.24) is 5.10 Å². The Labute approximate surface area is 124 Å². The smallest absolute Gasteiger partial charge is 0.293 e. The summed E-state index contributed by atoms with van der Waals surface area (Å²) >= 11 is 0. The fourth-order valence-electron chi connectivity index (χ4n) is 2.06. The number of nitrogen functional groups attached to an aromatic ring is 1. The van der Waals surface area contributed by atoms with E-state index in [-0.39, 0.29) is 12.4 Å². The molecule has 5 nitrogen and oxygen atoms in total. The minimum absolute atomic E-state index is 0.0283. The van der Waals surface area contributed by atoms with Gasteiger partial charge in [-0.15, -0.1) is 4.68 Å². The van der Waals surface area contributed by atoms with Crippen molar-refractivity contribution in [3.8, 4) is 11.3 Å². The first-order valence-electron chi connectivity index (χ1n) is 6.96. The number of anilines is 1. The molecule has 0 radical (unpaired) electrons. The lowest BCUT2D eigenvalue weighted by Crippen LogP contribution is -2.41. The monoisotopic (exact) mass is 286 g/mol. The van der Waals surface area contributed by atoms with Gasteiger partial charge in [-0.05, 0) is 25.0 Å². The van der Waals surface area contributed by atoms with E-state index in [2.05, 4.69) is 5.10 Å². The maximum Gasteiger partial charge on any atom is 0.293 e. The first-order chi connectivity index (χ1) is 10.1. The number of aryl methyl sites for hydroxylation is 1. The number of aliphatic hydroxyl groups excluding tert-OH is 1. The van der Waals surface area contributed by atoms with Crippen LogP contribution in [0.15, 0.2) is 36.4 Å². The largest absolute Gasteiger partial charge is 0.392 e. The van der Waals surface area contributed by atoms with Crippen LogP contribution in [0.4, 0.5) is 5.82 Å². The molecule has 1 aromatic heterocycles. The van der Waals surface area contributed by atoms with E-state index < -0.39 is 0 Å². The Kier molecular flexibility index (Phi) is 5.00. The molecule has 5 heteroatoms. The zero-order valence-corrected chi connectivity index (χ0v) is 12.1. The molecule has 1 heterocycles. The molecule has 0 aliphatic carbocycles. The predicted molar refractivity (Wildman–Crippen MR) is 80.1 cm³/mol. The van der Waals surface area contributed by atoms with Crippen molar-refractivity contribution in [2.24, 2.45) is 0 Å². The molecule has 110 valence electrons. The molecule has 21 heavy (non-hydrogen) atoms. The van der Waals surface area contributed by atoms with Crippen LogP contribution in [0.5, 0.6) is 0 Å². The van der Waals surface area contributed by atoms with Crippen LogP contribution in [0.3, 0.4) is 0 Å². The normalized spacial score (nSPS) is 10.6. The first-order valence-corrected chi connectivity index (χ1v) is 6.96. The topological polar surface area (TPSA) is 80.1 Å². The van der Waals surface area contributed by atoms with Crippen LogP contribution in [0.25, 0.3) is 11.3 Å². The standard InChI is InChI=1S/C16H19N3O2/c1-12(21)3-2-10-19-16(17)9-8-15(18-19)14-6-4-13(11-20)5-7-14/h4-9,17,20H,2-3,10-11H2,1H3/p+1. The highest BCUT2D eigenvalue weighted by Gasteiger charge is 2.10. The summed E-state index contributed by atoms with van der Waals surface area (Å²) < 4.78 is 1.72. The average Bonchev–Trinajstić information content (AvgIpc) is 2.49. The van der Waals surface area contributed by atoms with Gasteiger partial charge in [-0.2, -0.15) is 0 Å². The Morgan fingerprint density at radius 1 is 1.24 bits per heavy atom. The van der Waals surface area contributed by atoms with E-state index >= 15 is 0 Å². The number of ketones is 1. The number of aliphatic hydroxyl groups is 1. The number of aromatic nitrogens is 2. The van der Waals surface area contributed by atoms with Gasteiger partial charge in [-0.25, -0.2) is 0 Å². The lowest BCUT2D eigenvalue weighted by Gasteiger charge is -2.05. The molecule has 2 rings (SSSR count). The van der Waals surface area contributed by atoms with Gasteiger partial charge < -0.3 is 9.90 Å². The number of carbonyl (C=O) groups is 1. The van der Waals surface area contributed by atoms with Gasteiger partial charge in [0.15, 0.2) is 0 Å². The lowest BCUT2D eigenvalue weighted by atomic mass is 10.1. The molecule has 0 spiro atoms. The number of rotatable bonds is 6. The second-order valence-electron chi connectivity index (χ2n) is 5.03. The Morgan fingerprint density at radius 2 is 1.95 bits per heavy atom. The molecule has 0 bridgehead atoms. The van der Waals surface area contributed by atoms with E-state index in [1.54, 1.807) is 11.6 Å². The SMILES string of the molecule is CC(=O)CCC[n+]1nc(-c2ccc(CO)cc2)ccc1N. The minimum atomic E-state index is 0.0283. The molecule has 0 saturated heterocycles. The third kappa shape index (κ3) is 4.10. The van der Waals surface area contributed by atoms with Crippen molar-refractivity contribution < 1.29 is 14.6 Å². The molecule has 0 fully saturated rings. The van der Waals surface area contributed by atoms with Crippen LogP contribution in [-0.4, -0.2) is 16.0 Å². The maximum absolute atomic E-state index is 11.0. The summed E-state index contributed by atoms with van der Waals surface area (Å²) in [6, 6.07) is 11.3. The summed E-state index contributed by atoms with van der Waals surface area (Å²) in [6.07, 6.45) is 1.26. The van der Waals surface area contributed by atoms with Crippen LogP contribution in [-0.2, 0) is 17.9 Å². The average molecular weight is 286 g/mol. The fourth-order valence-corrected chi connectivity index (χ4v) is 2.06. The van der Waals surface area contributed by atoms with Gasteiger partial charge in [0, 0.05) is 18.1 Å². The minimum Gasteiger partial charge on any atom is -0.392 e. The molecule has 0 saturated carbocycles. The third-order valence-corrected chi connectivity index (χ3v) is 3.27. The molecule has 0 atom stereocenters. The van der Waals surface area contributed by atoms with Crippen LogP contribution in [0, 0.1) is 0 Å². The fraction of sp³-hybridized carbons (Fsp3) is 0.312. The van der Waals surface area contributed by atoms with Crippen molar-refractivity contribution >= 4 is 11.6 Å². The molecule has 0 amide bonds. The number of hydrogen-bond acceptors (Lipinski definition) is 4. The van der Waals surface area contributed by atoms with Crippen molar-refractivity contribution in [3.63, 3.8) is 0 Å². The van der Waals surface area contributed by atoms with Crippen molar-refractivity contribution in [1.29, 1.82) is 0 Å². The number of nitrogens with two attached hydrogens (primary N) is 1. The molecule has 0 aliphatic heterocycles. The molecule has 1 aromatic carbocycles. The van der Waals surface area contributed by atoms with Crippen LogP contribution in [0.1, 0.15) is 25.3 Å². The van der Waals surface area contributed by atoms with Crippen molar-refractivity contribution in [3.05, 3.63) is 42.0 Å². The third-order valence-electron chi connectivity index (χ3n) is 3.27. The molecule has 0 aliphatic rings. The van der Waals surface area contributed by atoms with Crippen LogP contribution >= 0.6 is 0 Å². The van der Waals surface area contributed by atoms with Crippen molar-refractivity contribution in [2.75, 3.05) is 5.73 Å². The van der Waals surface area contributed by atoms with E-state index in [4.69, 9.17) is 10.8 Å². The van der Waals surface area contributed by atoms with Crippen molar-refractivity contribution in [2.45, 2.75) is 32.9 Å². The molecule has 2 aromatic rings. The van der Waals surface area contributed by atoms with Gasteiger partial charge in [0.05, 0.1) is 6.61 Å². The highest BCUT2D eigenvalue weighted by molar-refractivity contribution is 5.75. The Balaban J connectivity index is 2.18. The van der Waals surface area contributed by atoms with Gasteiger partial charge in [0.1, 0.15) is 18.0 Å². The van der Waals surface area contributed by atoms with Gasteiger partial charge >= 0.3 is 0 Å². The number of carbonyl (C=O) groups excluding carboxylic acids is 1. The zero-order valence-electron chi connectivity index (χ0n) is 12.1. The number of hydrogen-bond donors (Lipinski definition) is 2. The molecular weight excluding hydrogens is 266 g/mol. The second kappa shape index (κ2) is 6.95. The van der Waals surface area contributed by atoms with E-state index in [9.17, 15) is 4.79 Å². The predicted octanol–water partition coefficient (Wildman–Crippen LogP) is 1.48. The Bertz CT molecular complexity index is 624. The number of benzene rings is 1. The number of Topliss-reactive ketones (excluding diaryl/α,β-unsaturated/α-hetero) is 1. The highest BCUT2D eigenvalue weighted by Crippen LogP contribution is 2.17. The molecule has 0 unspecified atom stereocenters. The molecule has 3 N–H and O–H groups in total. The maximum atomic E-state index is 11.0. The summed E-state index contributed by atoms with van der Waals surface area (Å²) in [7, 11) is 0. The van der Waals surface area contributed by atoms with E-state index in [1.807, 2.05) is 36.4 Å². The summed E-state index contributed by atoms with van der Waals surface area (Å²) in [5, 5.41) is 13.6. The summed E-state index contributed by atoms with van der Waals surface area (Å²) in [5.74, 6) is 0.749. The zero-order chi connectivity index (χ0) is 15.2. The highest BCUT2D eigenvalue weighted by atomic mass is 16.3. The second-order valence-corrected chi connectivity index (χ2v) is 5.03. The van der Waals surface area contributed by atoms with E-state index in [0.717, 1.165) is 23.2 Å². The Hall–Kier alpha value is -2.27. The Morgan fingerprint density at radius 3 is 2.57 bits per heavy atom. The summed E-state index contributed by atoms with van der Waals surface area (Å²) in [4.78, 5) is 11.0.